The van der Waals surface area contributed by atoms with Gasteiger partial charge in [0, 0.05) is 6.54 Å². The number of carboxylic acid groups (broad SMARTS) is 1. The van der Waals surface area contributed by atoms with Gasteiger partial charge in [-0.1, -0.05) is 0 Å². The molecule has 1 aliphatic rings. The minimum atomic E-state index is -1.51. The molecule has 0 aliphatic carbocycles. The first-order valence-corrected chi connectivity index (χ1v) is 9.24. The van der Waals surface area contributed by atoms with Gasteiger partial charge in [-0.2, -0.15) is 0 Å². The Kier molecular flexibility index (Phi) is 10.4. The fraction of sp³-hybridized carbons (Fsp3) is 0.688. The summed E-state index contributed by atoms with van der Waals surface area (Å²) >= 11 is 0. The van der Waals surface area contributed by atoms with Gasteiger partial charge in [0.15, 0.2) is 5.96 Å². The molecule has 1 saturated heterocycles. The van der Waals surface area contributed by atoms with Crippen molar-refractivity contribution in [1.82, 2.24) is 21.3 Å². The third-order valence-corrected chi connectivity index (χ3v) is 4.19. The number of aliphatic hydroxyl groups excluding tert-OH is 1. The highest BCUT2D eigenvalue weighted by atomic mass is 16.4. The molecule has 0 aromatic heterocycles. The lowest BCUT2D eigenvalue weighted by Gasteiger charge is -2.21. The topological polar surface area (TPSA) is 221 Å². The summed E-state index contributed by atoms with van der Waals surface area (Å²) in [6.07, 6.45) is 1.99. The molecule has 0 radical (unpaired) electrons. The number of nitrogens with zero attached hydrogens (tertiary/aromatic N) is 1. The fourth-order valence-corrected chi connectivity index (χ4v) is 2.67. The molecular formula is C16H29N7O6. The van der Waals surface area contributed by atoms with Gasteiger partial charge in [-0.25, -0.2) is 4.79 Å². The van der Waals surface area contributed by atoms with E-state index in [1.54, 1.807) is 0 Å². The normalized spacial score (nSPS) is 17.6. The Hall–Kier alpha value is -2.93. The molecule has 0 saturated carbocycles. The second-order valence-corrected chi connectivity index (χ2v) is 6.52. The maximum atomic E-state index is 12.3. The van der Waals surface area contributed by atoms with E-state index in [4.69, 9.17) is 21.7 Å². The first-order chi connectivity index (χ1) is 13.7. The monoisotopic (exact) mass is 415 g/mol. The lowest BCUT2D eigenvalue weighted by Crippen LogP contribution is -2.54. The molecule has 1 rings (SSSR count). The average molecular weight is 415 g/mol. The molecule has 0 aromatic rings. The van der Waals surface area contributed by atoms with Gasteiger partial charge in [0.1, 0.15) is 12.1 Å². The predicted octanol–water partition coefficient (Wildman–Crippen LogP) is -4.05. The second-order valence-electron chi connectivity index (χ2n) is 6.52. The third kappa shape index (κ3) is 9.21. The number of nitrogens with two attached hydrogens (primary N) is 2. The van der Waals surface area contributed by atoms with Crippen molar-refractivity contribution >= 4 is 29.7 Å². The standard InChI is InChI=1S/C16H29N7O6/c17-16(18)20-6-2-4-10(14(27)23-11(8-24)15(28)29)22-12(25)7-21-13(26)9-3-1-5-19-9/h9-11,19,24H,1-8H2,(H,21,26)(H,22,25)(H,23,27)(H,28,29)(H4,17,18,20). The number of carboxylic acids is 1. The number of rotatable bonds is 12. The maximum Gasteiger partial charge on any atom is 0.328 e. The number of aliphatic imine (C=N–C) groups is 1. The van der Waals surface area contributed by atoms with Crippen molar-refractivity contribution in [2.24, 2.45) is 16.5 Å². The minimum Gasteiger partial charge on any atom is -0.480 e. The Bertz CT molecular complexity index is 617. The summed E-state index contributed by atoms with van der Waals surface area (Å²) in [5.41, 5.74) is 10.5. The Morgan fingerprint density at radius 2 is 1.90 bits per heavy atom. The van der Waals surface area contributed by atoms with E-state index in [0.717, 1.165) is 13.0 Å². The molecule has 29 heavy (non-hydrogen) atoms. The predicted molar refractivity (Wildman–Crippen MR) is 103 cm³/mol. The molecule has 10 N–H and O–H groups in total. The lowest BCUT2D eigenvalue weighted by atomic mass is 10.1. The SMILES string of the molecule is NC(N)=NCCCC(NC(=O)CNC(=O)C1CCCN1)C(=O)NC(CO)C(=O)O. The fourth-order valence-electron chi connectivity index (χ4n) is 2.67. The Balaban J connectivity index is 2.61. The van der Waals surface area contributed by atoms with E-state index in [9.17, 15) is 19.2 Å². The van der Waals surface area contributed by atoms with E-state index < -0.39 is 36.5 Å². The van der Waals surface area contributed by atoms with Crippen LogP contribution >= 0.6 is 0 Å². The summed E-state index contributed by atoms with van der Waals surface area (Å²) in [6, 6.07) is -2.94. The summed E-state index contributed by atoms with van der Waals surface area (Å²) in [7, 11) is 0. The Morgan fingerprint density at radius 1 is 1.17 bits per heavy atom. The molecule has 13 nitrogen and oxygen atoms in total. The molecule has 1 aliphatic heterocycles. The zero-order valence-electron chi connectivity index (χ0n) is 16.0. The highest BCUT2D eigenvalue weighted by molar-refractivity contribution is 5.92. The average Bonchev–Trinajstić information content (AvgIpc) is 3.20. The summed E-state index contributed by atoms with van der Waals surface area (Å²) in [5, 5.41) is 28.1. The van der Waals surface area contributed by atoms with Crippen LogP contribution in [0.2, 0.25) is 0 Å². The quantitative estimate of drug-likeness (QED) is 0.0881. The molecule has 164 valence electrons. The second kappa shape index (κ2) is 12.5. The van der Waals surface area contributed by atoms with Crippen LogP contribution < -0.4 is 32.7 Å². The molecule has 0 bridgehead atoms. The number of carbonyl (C=O) groups excluding carboxylic acids is 3. The van der Waals surface area contributed by atoms with Crippen LogP contribution in [-0.2, 0) is 19.2 Å². The lowest BCUT2D eigenvalue weighted by molar-refractivity contribution is -0.143. The van der Waals surface area contributed by atoms with Crippen LogP contribution in [0.5, 0.6) is 0 Å². The molecule has 3 unspecified atom stereocenters. The van der Waals surface area contributed by atoms with Gasteiger partial charge in [-0.3, -0.25) is 19.4 Å². The third-order valence-electron chi connectivity index (χ3n) is 4.19. The summed E-state index contributed by atoms with van der Waals surface area (Å²) < 4.78 is 0. The van der Waals surface area contributed by atoms with Crippen molar-refractivity contribution in [3.63, 3.8) is 0 Å². The zero-order chi connectivity index (χ0) is 21.8. The van der Waals surface area contributed by atoms with Crippen LogP contribution in [0, 0.1) is 0 Å². The highest BCUT2D eigenvalue weighted by Gasteiger charge is 2.27. The van der Waals surface area contributed by atoms with Crippen LogP contribution in [0.4, 0.5) is 0 Å². The number of nitrogens with one attached hydrogen (secondary N) is 4. The van der Waals surface area contributed by atoms with Crippen LogP contribution in [0.3, 0.4) is 0 Å². The number of guanidine groups is 1. The summed E-state index contributed by atoms with van der Waals surface area (Å²) in [6.45, 7) is -0.205. The van der Waals surface area contributed by atoms with E-state index in [0.29, 0.717) is 12.8 Å². The van der Waals surface area contributed by atoms with Crippen LogP contribution in [0.25, 0.3) is 0 Å². The number of aliphatic hydroxyl groups is 1. The number of hydrogen-bond acceptors (Lipinski definition) is 7. The highest BCUT2D eigenvalue weighted by Crippen LogP contribution is 2.04. The van der Waals surface area contributed by atoms with E-state index in [-0.39, 0.29) is 37.4 Å². The number of hydrogen-bond donors (Lipinski definition) is 8. The van der Waals surface area contributed by atoms with Gasteiger partial charge in [0.2, 0.25) is 17.7 Å². The van der Waals surface area contributed by atoms with E-state index in [1.165, 1.54) is 0 Å². The zero-order valence-corrected chi connectivity index (χ0v) is 16.0. The number of amides is 3. The number of carbonyl (C=O) groups is 4. The smallest absolute Gasteiger partial charge is 0.328 e. The van der Waals surface area contributed by atoms with Crippen LogP contribution in [0.15, 0.2) is 4.99 Å². The van der Waals surface area contributed by atoms with E-state index in [2.05, 4.69) is 26.3 Å². The van der Waals surface area contributed by atoms with Crippen molar-refractivity contribution in [3.05, 3.63) is 0 Å². The molecular weight excluding hydrogens is 386 g/mol. The first kappa shape index (κ1) is 24.1. The Labute approximate surface area is 167 Å². The van der Waals surface area contributed by atoms with Crippen molar-refractivity contribution in [1.29, 1.82) is 0 Å². The molecule has 1 fully saturated rings. The van der Waals surface area contributed by atoms with Gasteiger partial charge < -0.3 is 42.9 Å². The molecule has 3 atom stereocenters. The van der Waals surface area contributed by atoms with Gasteiger partial charge in [-0.05, 0) is 32.2 Å². The van der Waals surface area contributed by atoms with E-state index >= 15 is 0 Å². The van der Waals surface area contributed by atoms with Gasteiger partial charge in [0.05, 0.1) is 19.2 Å². The van der Waals surface area contributed by atoms with Crippen molar-refractivity contribution in [2.75, 3.05) is 26.2 Å². The molecule has 13 heteroatoms. The summed E-state index contributed by atoms with van der Waals surface area (Å²) in [5.74, 6) is -3.24. The maximum absolute atomic E-state index is 12.3. The summed E-state index contributed by atoms with van der Waals surface area (Å²) in [4.78, 5) is 51.2. The first-order valence-electron chi connectivity index (χ1n) is 9.24. The Morgan fingerprint density at radius 3 is 2.45 bits per heavy atom. The molecule has 0 aromatic carbocycles. The van der Waals surface area contributed by atoms with Gasteiger partial charge >= 0.3 is 5.97 Å². The van der Waals surface area contributed by atoms with Crippen molar-refractivity contribution < 1.29 is 29.4 Å². The van der Waals surface area contributed by atoms with Crippen LogP contribution in [-0.4, -0.2) is 84.2 Å². The van der Waals surface area contributed by atoms with Gasteiger partial charge in [0.25, 0.3) is 0 Å². The molecule has 3 amide bonds. The molecule has 0 spiro atoms. The number of aliphatic carboxylic acids is 1. The molecule has 1 heterocycles. The largest absolute Gasteiger partial charge is 0.480 e. The van der Waals surface area contributed by atoms with Crippen LogP contribution in [0.1, 0.15) is 25.7 Å². The van der Waals surface area contributed by atoms with Gasteiger partial charge in [-0.15, -0.1) is 0 Å². The van der Waals surface area contributed by atoms with Crippen molar-refractivity contribution in [2.45, 2.75) is 43.8 Å². The minimum absolute atomic E-state index is 0.115. The van der Waals surface area contributed by atoms with Crippen molar-refractivity contribution in [3.8, 4) is 0 Å². The van der Waals surface area contributed by atoms with E-state index in [1.807, 2.05) is 0 Å².